The van der Waals surface area contributed by atoms with Gasteiger partial charge in [-0.25, -0.2) is 9.97 Å². The molecular weight excluding hydrogens is 316 g/mol. The van der Waals surface area contributed by atoms with Gasteiger partial charge in [0.05, 0.1) is 17.6 Å². The van der Waals surface area contributed by atoms with Gasteiger partial charge >= 0.3 is 0 Å². The van der Waals surface area contributed by atoms with Crippen LogP contribution in [0.3, 0.4) is 0 Å². The molecule has 0 N–H and O–H groups in total. The van der Waals surface area contributed by atoms with Crippen LogP contribution in [0.1, 0.15) is 5.69 Å². The molecule has 3 aromatic heterocycles. The van der Waals surface area contributed by atoms with Gasteiger partial charge in [0.1, 0.15) is 17.0 Å². The van der Waals surface area contributed by atoms with Crippen molar-refractivity contribution in [1.29, 1.82) is 0 Å². The van der Waals surface area contributed by atoms with Gasteiger partial charge in [0, 0.05) is 18.1 Å². The predicted octanol–water partition coefficient (Wildman–Crippen LogP) is 4.39. The van der Waals surface area contributed by atoms with E-state index in [-0.39, 0.29) is 0 Å². The van der Waals surface area contributed by atoms with E-state index in [9.17, 15) is 0 Å². The zero-order valence-electron chi connectivity index (χ0n) is 13.3. The van der Waals surface area contributed by atoms with Crippen molar-refractivity contribution in [3.63, 3.8) is 0 Å². The first-order chi connectivity index (χ1) is 11.8. The Hall–Kier alpha value is -2.79. The normalized spacial score (nSPS) is 10.9. The fourth-order valence-electron chi connectivity index (χ4n) is 2.70. The van der Waals surface area contributed by atoms with E-state index in [2.05, 4.69) is 50.2 Å². The molecule has 24 heavy (non-hydrogen) atoms. The molecule has 4 aromatic rings. The van der Waals surface area contributed by atoms with Gasteiger partial charge in [-0.15, -0.1) is 11.3 Å². The maximum absolute atomic E-state index is 4.50. The maximum Gasteiger partial charge on any atom is 0.140 e. The lowest BCUT2D eigenvalue weighted by atomic mass is 10.2. The van der Waals surface area contributed by atoms with Gasteiger partial charge in [-0.2, -0.15) is 0 Å². The van der Waals surface area contributed by atoms with E-state index >= 15 is 0 Å². The van der Waals surface area contributed by atoms with Crippen LogP contribution < -0.4 is 4.90 Å². The standard InChI is InChI=1S/C19H16N4S/c1-23(12-15-9-5-6-10-20-15)18-16-11-17(14-7-3-2-4-8-14)24-19(16)22-13-21-18/h2-11,13H,12H2,1H3. The summed E-state index contributed by atoms with van der Waals surface area (Å²) >= 11 is 1.69. The minimum Gasteiger partial charge on any atom is -0.353 e. The molecule has 0 bridgehead atoms. The highest BCUT2D eigenvalue weighted by atomic mass is 32.1. The molecule has 0 radical (unpaired) electrons. The van der Waals surface area contributed by atoms with Gasteiger partial charge in [-0.1, -0.05) is 36.4 Å². The van der Waals surface area contributed by atoms with Crippen molar-refractivity contribution in [3.8, 4) is 10.4 Å². The number of fused-ring (bicyclic) bond motifs is 1. The van der Waals surface area contributed by atoms with Crippen LogP contribution in [0.4, 0.5) is 5.82 Å². The van der Waals surface area contributed by atoms with Gasteiger partial charge in [0.25, 0.3) is 0 Å². The van der Waals surface area contributed by atoms with Crippen molar-refractivity contribution in [2.75, 3.05) is 11.9 Å². The highest BCUT2D eigenvalue weighted by molar-refractivity contribution is 7.21. The molecule has 1 aromatic carbocycles. The van der Waals surface area contributed by atoms with E-state index < -0.39 is 0 Å². The quantitative estimate of drug-likeness (QED) is 0.556. The van der Waals surface area contributed by atoms with E-state index in [1.54, 1.807) is 17.7 Å². The third-order valence-corrected chi connectivity index (χ3v) is 4.95. The van der Waals surface area contributed by atoms with E-state index in [4.69, 9.17) is 0 Å². The summed E-state index contributed by atoms with van der Waals surface area (Å²) in [6.45, 7) is 0.712. The van der Waals surface area contributed by atoms with E-state index in [1.165, 1.54) is 10.4 Å². The van der Waals surface area contributed by atoms with Crippen LogP contribution in [0.2, 0.25) is 0 Å². The second-order valence-corrected chi connectivity index (χ2v) is 6.60. The average Bonchev–Trinajstić information content (AvgIpc) is 3.07. The van der Waals surface area contributed by atoms with Gasteiger partial charge < -0.3 is 4.90 Å². The lowest BCUT2D eigenvalue weighted by Crippen LogP contribution is -2.18. The fraction of sp³-hybridized carbons (Fsp3) is 0.105. The highest BCUT2D eigenvalue weighted by Gasteiger charge is 2.13. The summed E-state index contributed by atoms with van der Waals surface area (Å²) in [4.78, 5) is 17.7. The molecular formula is C19H16N4S. The summed E-state index contributed by atoms with van der Waals surface area (Å²) in [6, 6.07) is 18.5. The molecule has 0 aliphatic carbocycles. The van der Waals surface area contributed by atoms with Crippen molar-refractivity contribution in [3.05, 3.63) is 72.8 Å². The third-order valence-electron chi connectivity index (χ3n) is 3.85. The molecule has 0 fully saturated rings. The molecule has 5 heteroatoms. The Morgan fingerprint density at radius 2 is 1.79 bits per heavy atom. The zero-order valence-corrected chi connectivity index (χ0v) is 14.1. The molecule has 0 aliphatic heterocycles. The predicted molar refractivity (Wildman–Crippen MR) is 99.2 cm³/mol. The van der Waals surface area contributed by atoms with Crippen molar-refractivity contribution in [2.24, 2.45) is 0 Å². The summed E-state index contributed by atoms with van der Waals surface area (Å²) in [7, 11) is 2.04. The van der Waals surface area contributed by atoms with Crippen molar-refractivity contribution < 1.29 is 0 Å². The van der Waals surface area contributed by atoms with E-state index in [0.717, 1.165) is 21.7 Å². The van der Waals surface area contributed by atoms with Crippen LogP contribution in [-0.2, 0) is 6.54 Å². The Bertz CT molecular complexity index is 951. The van der Waals surface area contributed by atoms with Crippen LogP contribution in [0, 0.1) is 0 Å². The SMILES string of the molecule is CN(Cc1ccccn1)c1ncnc2sc(-c3ccccc3)cc12. The number of thiophene rings is 1. The van der Waals surface area contributed by atoms with Gasteiger partial charge in [0.15, 0.2) is 0 Å². The molecule has 0 atom stereocenters. The van der Waals surface area contributed by atoms with Crippen LogP contribution in [-0.4, -0.2) is 22.0 Å². The lowest BCUT2D eigenvalue weighted by molar-refractivity contribution is 0.868. The van der Waals surface area contributed by atoms with Crippen molar-refractivity contribution in [2.45, 2.75) is 6.54 Å². The number of hydrogen-bond donors (Lipinski definition) is 0. The Kier molecular flexibility index (Phi) is 3.92. The summed E-state index contributed by atoms with van der Waals surface area (Å²) < 4.78 is 0. The van der Waals surface area contributed by atoms with E-state index in [0.29, 0.717) is 6.54 Å². The Morgan fingerprint density at radius 1 is 0.958 bits per heavy atom. The average molecular weight is 332 g/mol. The van der Waals surface area contributed by atoms with E-state index in [1.807, 2.05) is 37.5 Å². The number of hydrogen-bond acceptors (Lipinski definition) is 5. The first kappa shape index (κ1) is 14.8. The first-order valence-corrected chi connectivity index (χ1v) is 8.54. The van der Waals surface area contributed by atoms with Crippen LogP contribution in [0.25, 0.3) is 20.7 Å². The molecule has 0 amide bonds. The topological polar surface area (TPSA) is 41.9 Å². The first-order valence-electron chi connectivity index (χ1n) is 7.72. The Labute approximate surface area is 144 Å². The monoisotopic (exact) mass is 332 g/mol. The molecule has 0 spiro atoms. The molecule has 4 rings (SSSR count). The second kappa shape index (κ2) is 6.37. The van der Waals surface area contributed by atoms with Gasteiger partial charge in [0.2, 0.25) is 0 Å². The number of nitrogens with zero attached hydrogens (tertiary/aromatic N) is 4. The summed E-state index contributed by atoms with van der Waals surface area (Å²) in [5.74, 6) is 0.934. The summed E-state index contributed by atoms with van der Waals surface area (Å²) in [5.41, 5.74) is 2.23. The molecule has 4 nitrogen and oxygen atoms in total. The fourth-order valence-corrected chi connectivity index (χ4v) is 3.70. The minimum atomic E-state index is 0.712. The number of pyridine rings is 1. The maximum atomic E-state index is 4.50. The number of anilines is 1. The second-order valence-electron chi connectivity index (χ2n) is 5.57. The molecule has 0 unspecified atom stereocenters. The third kappa shape index (κ3) is 2.86. The number of rotatable bonds is 4. The summed E-state index contributed by atoms with van der Waals surface area (Å²) in [6.07, 6.45) is 3.45. The van der Waals surface area contributed by atoms with Gasteiger partial charge in [-0.3, -0.25) is 4.98 Å². The highest BCUT2D eigenvalue weighted by Crippen LogP contribution is 2.35. The van der Waals surface area contributed by atoms with Crippen molar-refractivity contribution in [1.82, 2.24) is 15.0 Å². The molecule has 3 heterocycles. The van der Waals surface area contributed by atoms with Crippen molar-refractivity contribution >= 4 is 27.4 Å². The molecule has 0 saturated heterocycles. The minimum absolute atomic E-state index is 0.712. The van der Waals surface area contributed by atoms with Crippen LogP contribution >= 0.6 is 11.3 Å². The number of aromatic nitrogens is 3. The Morgan fingerprint density at radius 3 is 2.58 bits per heavy atom. The number of benzene rings is 1. The largest absolute Gasteiger partial charge is 0.353 e. The van der Waals surface area contributed by atoms with Crippen LogP contribution in [0.15, 0.2) is 67.1 Å². The summed E-state index contributed by atoms with van der Waals surface area (Å²) in [5, 5.41) is 1.08. The molecule has 0 aliphatic rings. The lowest BCUT2D eigenvalue weighted by Gasteiger charge is -2.18. The molecule has 0 saturated carbocycles. The zero-order chi connectivity index (χ0) is 16.4. The van der Waals surface area contributed by atoms with Crippen LogP contribution in [0.5, 0.6) is 0 Å². The molecule has 118 valence electrons. The Balaban J connectivity index is 1.72. The van der Waals surface area contributed by atoms with Gasteiger partial charge in [-0.05, 0) is 23.8 Å². The smallest absolute Gasteiger partial charge is 0.140 e.